The van der Waals surface area contributed by atoms with Crippen molar-refractivity contribution < 1.29 is 48.3 Å². The number of hydrogen-bond acceptors (Lipinski definition) is 3. The van der Waals surface area contributed by atoms with Crippen molar-refractivity contribution in [2.45, 2.75) is 23.9 Å². The number of halogens is 8. The van der Waals surface area contributed by atoms with Gasteiger partial charge >= 0.3 is 27.6 Å². The largest absolute Gasteiger partial charge is 0.454 e. The van der Waals surface area contributed by atoms with Crippen LogP contribution >= 0.6 is 0 Å². The topological polar surface area (TPSA) is 48.3 Å². The summed E-state index contributed by atoms with van der Waals surface area (Å²) in [5.74, 6) is 0. The van der Waals surface area contributed by atoms with Crippen LogP contribution in [-0.4, -0.2) is 36.3 Å². The Morgan fingerprint density at radius 2 is 1.38 bits per heavy atom. The summed E-state index contributed by atoms with van der Waals surface area (Å²) in [6.07, 6.45) is -16.2. The summed E-state index contributed by atoms with van der Waals surface area (Å²) in [7, 11) is -6.17. The molecule has 1 unspecified atom stereocenters. The van der Waals surface area contributed by atoms with Gasteiger partial charge in [-0.3, -0.25) is 4.74 Å². The Bertz CT molecular complexity index is 579. The van der Waals surface area contributed by atoms with Gasteiger partial charge in [-0.15, -0.1) is 0 Å². The number of rotatable bonds is 5. The molecule has 13 heteroatoms. The number of hydrogen-bond donors (Lipinski definition) is 0. The molecule has 21 heavy (non-hydrogen) atoms. The molecule has 0 aliphatic rings. The molecule has 4 nitrogen and oxygen atoms in total. The van der Waals surface area contributed by atoms with E-state index < -0.39 is 33.9 Å². The van der Waals surface area contributed by atoms with Crippen LogP contribution in [0.5, 0.6) is 0 Å². The molecule has 0 radical (unpaired) electrons. The molecule has 0 aliphatic heterocycles. The summed E-state index contributed by atoms with van der Waals surface area (Å²) < 4.78 is 124. The SMILES string of the molecule is O=S(=O)(n1cccc1)C(F)(F)C(F)(F)OC(F)C(F)(F)F. The van der Waals surface area contributed by atoms with Crippen LogP contribution in [0.2, 0.25) is 0 Å². The zero-order valence-corrected chi connectivity index (χ0v) is 10.3. The fraction of sp³-hybridized carbons (Fsp3) is 0.500. The van der Waals surface area contributed by atoms with Crippen LogP contribution in [-0.2, 0) is 14.8 Å². The maximum Gasteiger partial charge on any atom is 0.454 e. The van der Waals surface area contributed by atoms with E-state index in [1.165, 1.54) is 0 Å². The summed E-state index contributed by atoms with van der Waals surface area (Å²) in [5, 5.41) is -6.14. The zero-order chi connectivity index (χ0) is 16.7. The number of nitrogens with zero attached hydrogens (tertiary/aromatic N) is 1. The van der Waals surface area contributed by atoms with Gasteiger partial charge in [-0.1, -0.05) is 0 Å². The second-order valence-corrected chi connectivity index (χ2v) is 5.41. The van der Waals surface area contributed by atoms with Gasteiger partial charge in [-0.2, -0.15) is 39.2 Å². The highest BCUT2D eigenvalue weighted by atomic mass is 32.2. The monoisotopic (exact) mass is 347 g/mol. The molecule has 0 fully saturated rings. The Hall–Kier alpha value is -1.37. The molecular formula is C8H5F8NO3S. The number of alkyl halides is 8. The maximum absolute atomic E-state index is 13.3. The molecule has 1 aromatic rings. The summed E-state index contributed by atoms with van der Waals surface area (Å²) in [6.45, 7) is 0. The van der Waals surface area contributed by atoms with Gasteiger partial charge in [0.25, 0.3) is 6.36 Å². The first-order valence-corrected chi connectivity index (χ1v) is 6.20. The van der Waals surface area contributed by atoms with Gasteiger partial charge in [0, 0.05) is 12.4 Å². The average molecular weight is 347 g/mol. The standard InChI is InChI=1S/C8H5F8NO3S/c9-5(6(10,11)12)20-7(13,14)8(15,16)21(18,19)17-3-1-2-4-17/h1-5H. The third-order valence-corrected chi connectivity index (χ3v) is 3.71. The molecule has 0 amide bonds. The lowest BCUT2D eigenvalue weighted by atomic mass is 10.6. The van der Waals surface area contributed by atoms with Crippen LogP contribution in [0, 0.1) is 0 Å². The van der Waals surface area contributed by atoms with E-state index in [4.69, 9.17) is 0 Å². The molecule has 1 rings (SSSR count). The molecule has 1 heterocycles. The predicted octanol–water partition coefficient (Wildman–Crippen LogP) is 2.73. The molecule has 1 aromatic heterocycles. The Morgan fingerprint density at radius 3 is 1.76 bits per heavy atom. The Morgan fingerprint density at radius 1 is 0.952 bits per heavy atom. The zero-order valence-electron chi connectivity index (χ0n) is 9.49. The minimum atomic E-state index is -6.26. The molecule has 1 atom stereocenters. The van der Waals surface area contributed by atoms with E-state index in [1.54, 1.807) is 0 Å². The predicted molar refractivity (Wildman–Crippen MR) is 50.7 cm³/mol. The fourth-order valence-electron chi connectivity index (χ4n) is 1.03. The van der Waals surface area contributed by atoms with Gasteiger partial charge in [-0.25, -0.2) is 8.36 Å². The van der Waals surface area contributed by atoms with Crippen molar-refractivity contribution in [3.05, 3.63) is 24.5 Å². The van der Waals surface area contributed by atoms with E-state index in [1.807, 2.05) is 0 Å². The van der Waals surface area contributed by atoms with E-state index in [0.717, 1.165) is 12.1 Å². The second-order valence-electron chi connectivity index (χ2n) is 3.53. The minimum absolute atomic E-state index is 0.370. The van der Waals surface area contributed by atoms with Gasteiger partial charge in [0.05, 0.1) is 0 Å². The molecule has 122 valence electrons. The minimum Gasteiger partial charge on any atom is -0.271 e. The van der Waals surface area contributed by atoms with Crippen molar-refractivity contribution in [3.63, 3.8) is 0 Å². The highest BCUT2D eigenvalue weighted by Gasteiger charge is 2.70. The van der Waals surface area contributed by atoms with E-state index in [9.17, 15) is 43.5 Å². The van der Waals surface area contributed by atoms with Crippen LogP contribution in [0.4, 0.5) is 35.1 Å². The van der Waals surface area contributed by atoms with Gasteiger partial charge < -0.3 is 0 Å². The molecule has 0 aliphatic carbocycles. The van der Waals surface area contributed by atoms with Crippen LogP contribution in [0.3, 0.4) is 0 Å². The summed E-state index contributed by atoms with van der Waals surface area (Å²) >= 11 is 0. The third-order valence-electron chi connectivity index (χ3n) is 2.03. The summed E-state index contributed by atoms with van der Waals surface area (Å²) in [4.78, 5) is 0. The lowest BCUT2D eigenvalue weighted by Gasteiger charge is -2.27. The Balaban J connectivity index is 3.17. The molecular weight excluding hydrogens is 342 g/mol. The van der Waals surface area contributed by atoms with E-state index >= 15 is 0 Å². The van der Waals surface area contributed by atoms with Crippen molar-refractivity contribution in [3.8, 4) is 0 Å². The molecule has 0 spiro atoms. The van der Waals surface area contributed by atoms with Crippen LogP contribution < -0.4 is 0 Å². The van der Waals surface area contributed by atoms with Crippen molar-refractivity contribution in [2.24, 2.45) is 0 Å². The second kappa shape index (κ2) is 5.12. The van der Waals surface area contributed by atoms with Crippen molar-refractivity contribution in [1.29, 1.82) is 0 Å². The lowest BCUT2D eigenvalue weighted by Crippen LogP contribution is -2.53. The van der Waals surface area contributed by atoms with Gasteiger partial charge in [0.1, 0.15) is 0 Å². The average Bonchev–Trinajstić information content (AvgIpc) is 2.80. The molecule has 0 saturated carbocycles. The van der Waals surface area contributed by atoms with Crippen LogP contribution in [0.1, 0.15) is 0 Å². The molecule has 0 saturated heterocycles. The Labute approximate surface area is 112 Å². The van der Waals surface area contributed by atoms with Crippen molar-refractivity contribution >= 4 is 10.0 Å². The van der Waals surface area contributed by atoms with E-state index in [-0.39, 0.29) is 3.97 Å². The molecule has 0 aromatic carbocycles. The van der Waals surface area contributed by atoms with Crippen molar-refractivity contribution in [1.82, 2.24) is 3.97 Å². The number of aromatic nitrogens is 1. The maximum atomic E-state index is 13.3. The smallest absolute Gasteiger partial charge is 0.271 e. The van der Waals surface area contributed by atoms with Crippen LogP contribution in [0.15, 0.2) is 24.5 Å². The molecule has 0 N–H and O–H groups in total. The first kappa shape index (κ1) is 17.7. The molecule has 0 bridgehead atoms. The van der Waals surface area contributed by atoms with Crippen LogP contribution in [0.25, 0.3) is 0 Å². The first-order chi connectivity index (χ1) is 9.23. The normalized spacial score (nSPS) is 16.0. The quantitative estimate of drug-likeness (QED) is 0.770. The highest BCUT2D eigenvalue weighted by Crippen LogP contribution is 2.43. The Kier molecular flexibility index (Phi) is 4.31. The fourth-order valence-corrected chi connectivity index (χ4v) is 2.10. The highest BCUT2D eigenvalue weighted by molar-refractivity contribution is 7.91. The van der Waals surface area contributed by atoms with Gasteiger partial charge in [0.2, 0.25) is 0 Å². The lowest BCUT2D eigenvalue weighted by molar-refractivity contribution is -0.393. The van der Waals surface area contributed by atoms with Crippen molar-refractivity contribution in [2.75, 3.05) is 0 Å². The van der Waals surface area contributed by atoms with Gasteiger partial charge in [0.15, 0.2) is 0 Å². The summed E-state index contributed by atoms with van der Waals surface area (Å²) in [5.41, 5.74) is 0. The number of ether oxygens (including phenoxy) is 1. The summed E-state index contributed by atoms with van der Waals surface area (Å²) in [6, 6.07) is 1.75. The first-order valence-electron chi connectivity index (χ1n) is 4.76. The van der Waals surface area contributed by atoms with Gasteiger partial charge in [-0.05, 0) is 12.1 Å². The van der Waals surface area contributed by atoms with E-state index in [2.05, 4.69) is 4.74 Å². The van der Waals surface area contributed by atoms with E-state index in [0.29, 0.717) is 12.4 Å². The third kappa shape index (κ3) is 3.12.